The SMILES string of the molecule is CCOc1ccc(-c2nc(CC(=O)NCc3ccnc(N4CCOCC4)c3)cs2)cc1. The molecule has 0 atom stereocenters. The van der Waals surface area contributed by atoms with Crippen LogP contribution < -0.4 is 15.0 Å². The third kappa shape index (κ3) is 5.80. The Balaban J connectivity index is 1.30. The highest BCUT2D eigenvalue weighted by Crippen LogP contribution is 2.26. The fourth-order valence-electron chi connectivity index (χ4n) is 3.34. The summed E-state index contributed by atoms with van der Waals surface area (Å²) in [6.45, 7) is 6.18. The third-order valence-corrected chi connectivity index (χ3v) is 5.88. The van der Waals surface area contributed by atoms with Crippen LogP contribution in [0.15, 0.2) is 48.0 Å². The lowest BCUT2D eigenvalue weighted by Crippen LogP contribution is -2.36. The number of nitrogens with zero attached hydrogens (tertiary/aromatic N) is 3. The predicted octanol–water partition coefficient (Wildman–Crippen LogP) is 3.30. The summed E-state index contributed by atoms with van der Waals surface area (Å²) in [5.74, 6) is 1.72. The second kappa shape index (κ2) is 10.4. The minimum atomic E-state index is -0.0479. The maximum Gasteiger partial charge on any atom is 0.226 e. The number of rotatable bonds is 8. The van der Waals surface area contributed by atoms with Gasteiger partial charge in [0.25, 0.3) is 0 Å². The van der Waals surface area contributed by atoms with E-state index in [-0.39, 0.29) is 12.3 Å². The van der Waals surface area contributed by atoms with Crippen molar-refractivity contribution >= 4 is 23.1 Å². The first-order chi connectivity index (χ1) is 15.2. The molecule has 0 unspecified atom stereocenters. The van der Waals surface area contributed by atoms with Crippen LogP contribution in [0.1, 0.15) is 18.2 Å². The van der Waals surface area contributed by atoms with Gasteiger partial charge in [0.2, 0.25) is 5.91 Å². The minimum absolute atomic E-state index is 0.0479. The van der Waals surface area contributed by atoms with Crippen molar-refractivity contribution in [3.05, 3.63) is 59.2 Å². The number of morpholine rings is 1. The molecule has 1 aliphatic rings. The van der Waals surface area contributed by atoms with Gasteiger partial charge in [-0.05, 0) is 48.9 Å². The molecule has 8 heteroatoms. The maximum absolute atomic E-state index is 12.4. The fourth-order valence-corrected chi connectivity index (χ4v) is 4.17. The Hall–Kier alpha value is -2.97. The van der Waals surface area contributed by atoms with Gasteiger partial charge in [0.15, 0.2) is 0 Å². The lowest BCUT2D eigenvalue weighted by Gasteiger charge is -2.28. The van der Waals surface area contributed by atoms with Gasteiger partial charge in [-0.3, -0.25) is 4.79 Å². The summed E-state index contributed by atoms with van der Waals surface area (Å²) in [5, 5.41) is 5.82. The van der Waals surface area contributed by atoms with Gasteiger partial charge < -0.3 is 19.7 Å². The number of pyridine rings is 1. The van der Waals surface area contributed by atoms with Crippen LogP contribution in [0.4, 0.5) is 5.82 Å². The summed E-state index contributed by atoms with van der Waals surface area (Å²) in [7, 11) is 0. The topological polar surface area (TPSA) is 76.6 Å². The Morgan fingerprint density at radius 2 is 2.03 bits per heavy atom. The molecule has 1 fully saturated rings. The van der Waals surface area contributed by atoms with Crippen molar-refractivity contribution in [2.24, 2.45) is 0 Å². The molecule has 162 valence electrons. The zero-order valence-electron chi connectivity index (χ0n) is 17.5. The monoisotopic (exact) mass is 438 g/mol. The number of anilines is 1. The molecule has 0 aliphatic carbocycles. The summed E-state index contributed by atoms with van der Waals surface area (Å²) in [4.78, 5) is 23.7. The number of hydrogen-bond acceptors (Lipinski definition) is 7. The zero-order valence-corrected chi connectivity index (χ0v) is 18.4. The molecular weight excluding hydrogens is 412 g/mol. The molecule has 3 aromatic rings. The molecular formula is C23H26N4O3S. The Kier molecular flexibility index (Phi) is 7.11. The molecule has 7 nitrogen and oxygen atoms in total. The van der Waals surface area contributed by atoms with Crippen LogP contribution in [-0.4, -0.2) is 48.8 Å². The fraction of sp³-hybridized carbons (Fsp3) is 0.348. The lowest BCUT2D eigenvalue weighted by molar-refractivity contribution is -0.120. The molecule has 1 amide bonds. The lowest BCUT2D eigenvalue weighted by atomic mass is 10.2. The standard InChI is InChI=1S/C23H26N4O3S/c1-2-30-20-5-3-18(4-6-20)23-26-19(16-31-23)14-22(28)25-15-17-7-8-24-21(13-17)27-9-11-29-12-10-27/h3-8,13,16H,2,9-12,14-15H2,1H3,(H,25,28). The number of carbonyl (C=O) groups is 1. The van der Waals surface area contributed by atoms with E-state index in [1.165, 1.54) is 0 Å². The molecule has 1 aliphatic heterocycles. The van der Waals surface area contributed by atoms with Crippen molar-refractivity contribution in [2.75, 3.05) is 37.8 Å². The van der Waals surface area contributed by atoms with Crippen LogP contribution in [0, 0.1) is 0 Å². The molecule has 0 saturated carbocycles. The van der Waals surface area contributed by atoms with E-state index < -0.39 is 0 Å². The summed E-state index contributed by atoms with van der Waals surface area (Å²) in [5.41, 5.74) is 2.82. The molecule has 1 N–H and O–H groups in total. The summed E-state index contributed by atoms with van der Waals surface area (Å²) in [6.07, 6.45) is 2.05. The zero-order chi connectivity index (χ0) is 21.5. The number of hydrogen-bond donors (Lipinski definition) is 1. The van der Waals surface area contributed by atoms with Crippen molar-refractivity contribution < 1.29 is 14.3 Å². The molecule has 1 aromatic carbocycles. The van der Waals surface area contributed by atoms with E-state index in [0.29, 0.717) is 13.2 Å². The highest BCUT2D eigenvalue weighted by molar-refractivity contribution is 7.13. The number of thiazole rings is 1. The molecule has 0 radical (unpaired) electrons. The highest BCUT2D eigenvalue weighted by Gasteiger charge is 2.13. The number of carbonyl (C=O) groups excluding carboxylic acids is 1. The molecule has 2 aromatic heterocycles. The molecule has 0 spiro atoms. The molecule has 1 saturated heterocycles. The Morgan fingerprint density at radius 1 is 1.23 bits per heavy atom. The average Bonchev–Trinajstić information content (AvgIpc) is 3.27. The van der Waals surface area contributed by atoms with Gasteiger partial charge in [0.05, 0.1) is 31.9 Å². The van der Waals surface area contributed by atoms with Gasteiger partial charge in [0.1, 0.15) is 16.6 Å². The first-order valence-corrected chi connectivity index (χ1v) is 11.3. The van der Waals surface area contributed by atoms with E-state index >= 15 is 0 Å². The second-order valence-electron chi connectivity index (χ2n) is 7.18. The highest BCUT2D eigenvalue weighted by atomic mass is 32.1. The number of nitrogens with one attached hydrogen (secondary N) is 1. The van der Waals surface area contributed by atoms with E-state index in [1.807, 2.05) is 48.7 Å². The van der Waals surface area contributed by atoms with Crippen molar-refractivity contribution in [3.63, 3.8) is 0 Å². The predicted molar refractivity (Wildman–Crippen MR) is 122 cm³/mol. The normalized spacial score (nSPS) is 13.8. The molecule has 4 rings (SSSR count). The van der Waals surface area contributed by atoms with Gasteiger partial charge >= 0.3 is 0 Å². The molecule has 0 bridgehead atoms. The molecule has 3 heterocycles. The van der Waals surface area contributed by atoms with Gasteiger partial charge in [0, 0.05) is 36.8 Å². The number of amides is 1. The first kappa shape index (κ1) is 21.3. The maximum atomic E-state index is 12.4. The van der Waals surface area contributed by atoms with Gasteiger partial charge in [-0.2, -0.15) is 0 Å². The summed E-state index contributed by atoms with van der Waals surface area (Å²) in [6, 6.07) is 11.8. The van der Waals surface area contributed by atoms with Crippen LogP contribution in [-0.2, 0) is 22.5 Å². The number of benzene rings is 1. The average molecular weight is 439 g/mol. The quantitative estimate of drug-likeness (QED) is 0.582. The van der Waals surface area contributed by atoms with E-state index in [9.17, 15) is 4.79 Å². The van der Waals surface area contributed by atoms with Gasteiger partial charge in [-0.25, -0.2) is 9.97 Å². The second-order valence-corrected chi connectivity index (χ2v) is 8.03. The van der Waals surface area contributed by atoms with Gasteiger partial charge in [-0.15, -0.1) is 11.3 Å². The summed E-state index contributed by atoms with van der Waals surface area (Å²) < 4.78 is 10.9. The van der Waals surface area contributed by atoms with Crippen LogP contribution in [0.2, 0.25) is 0 Å². The van der Waals surface area contributed by atoms with Crippen LogP contribution >= 0.6 is 11.3 Å². The molecule has 31 heavy (non-hydrogen) atoms. The van der Waals surface area contributed by atoms with Crippen molar-refractivity contribution in [1.82, 2.24) is 15.3 Å². The Bertz CT molecular complexity index is 1000. The van der Waals surface area contributed by atoms with E-state index in [4.69, 9.17) is 9.47 Å². The number of aromatic nitrogens is 2. The van der Waals surface area contributed by atoms with E-state index in [2.05, 4.69) is 20.2 Å². The minimum Gasteiger partial charge on any atom is -0.494 e. The van der Waals surface area contributed by atoms with E-state index in [0.717, 1.165) is 59.7 Å². The van der Waals surface area contributed by atoms with Gasteiger partial charge in [-0.1, -0.05) is 0 Å². The van der Waals surface area contributed by atoms with Crippen LogP contribution in [0.5, 0.6) is 5.75 Å². The number of ether oxygens (including phenoxy) is 2. The third-order valence-electron chi connectivity index (χ3n) is 4.94. The largest absolute Gasteiger partial charge is 0.494 e. The van der Waals surface area contributed by atoms with Crippen molar-refractivity contribution in [2.45, 2.75) is 19.9 Å². The van der Waals surface area contributed by atoms with E-state index in [1.54, 1.807) is 17.5 Å². The van der Waals surface area contributed by atoms with Crippen LogP contribution in [0.3, 0.4) is 0 Å². The summed E-state index contributed by atoms with van der Waals surface area (Å²) >= 11 is 1.54. The van der Waals surface area contributed by atoms with Crippen LogP contribution in [0.25, 0.3) is 10.6 Å². The Labute approximate surface area is 186 Å². The first-order valence-electron chi connectivity index (χ1n) is 10.4. The van der Waals surface area contributed by atoms with Crippen molar-refractivity contribution in [3.8, 4) is 16.3 Å². The van der Waals surface area contributed by atoms with Crippen molar-refractivity contribution in [1.29, 1.82) is 0 Å². The Morgan fingerprint density at radius 3 is 2.81 bits per heavy atom. The smallest absolute Gasteiger partial charge is 0.226 e.